The van der Waals surface area contributed by atoms with Crippen LogP contribution in [0.5, 0.6) is 17.2 Å². The smallest absolute Gasteiger partial charge is 0.254 e. The van der Waals surface area contributed by atoms with Gasteiger partial charge in [-0.3, -0.25) is 33.7 Å². The third kappa shape index (κ3) is 16.7. The number of ketones is 1. The van der Waals surface area contributed by atoms with Crippen LogP contribution in [0.3, 0.4) is 0 Å². The maximum absolute atomic E-state index is 14.1. The van der Waals surface area contributed by atoms with E-state index < -0.39 is 0 Å². The van der Waals surface area contributed by atoms with Crippen molar-refractivity contribution in [2.75, 3.05) is 63.1 Å². The van der Waals surface area contributed by atoms with E-state index in [-0.39, 0.29) is 28.8 Å². The van der Waals surface area contributed by atoms with Crippen LogP contribution in [0.15, 0.2) is 97.6 Å². The van der Waals surface area contributed by atoms with E-state index in [1.807, 2.05) is 43.5 Å². The summed E-state index contributed by atoms with van der Waals surface area (Å²) in [5.74, 6) is 2.81. The summed E-state index contributed by atoms with van der Waals surface area (Å²) in [6, 6.07) is 23.7. The van der Waals surface area contributed by atoms with E-state index in [9.17, 15) is 19.2 Å². The highest BCUT2D eigenvalue weighted by molar-refractivity contribution is 6.35. The van der Waals surface area contributed by atoms with Crippen molar-refractivity contribution in [1.29, 1.82) is 0 Å². The molecule has 0 radical (unpaired) electrons. The molecule has 4 N–H and O–H groups in total. The second-order valence-corrected chi connectivity index (χ2v) is 18.6. The van der Waals surface area contributed by atoms with Crippen molar-refractivity contribution in [2.45, 2.75) is 83.7 Å². The van der Waals surface area contributed by atoms with Gasteiger partial charge in [0.15, 0.2) is 12.1 Å². The number of para-hydroxylation sites is 1. The molecule has 6 aromatic rings. The normalized spacial score (nSPS) is 13.1. The van der Waals surface area contributed by atoms with Crippen molar-refractivity contribution in [2.24, 2.45) is 0 Å². The molecule has 1 aliphatic rings. The molecule has 0 saturated carbocycles. The van der Waals surface area contributed by atoms with Crippen LogP contribution in [-0.2, 0) is 20.8 Å². The molecule has 18 nitrogen and oxygen atoms in total. The molecule has 1 fully saturated rings. The van der Waals surface area contributed by atoms with Crippen molar-refractivity contribution in [1.82, 2.24) is 40.4 Å². The number of imide groups is 1. The number of aldehydes is 1. The average molecular weight is 1040 g/mol. The Balaban J connectivity index is 0.00000174. The molecule has 2 atom stereocenters. The molecule has 1 aliphatic heterocycles. The zero-order chi connectivity index (χ0) is 53.4. The minimum Gasteiger partial charge on any atom is -0.494 e. The zero-order valence-corrected chi connectivity index (χ0v) is 43.6. The molecule has 1 saturated heterocycles. The molecule has 2 unspecified atom stereocenters. The van der Waals surface area contributed by atoms with Crippen molar-refractivity contribution in [3.8, 4) is 17.2 Å². The first-order valence-electron chi connectivity index (χ1n) is 25.4. The monoisotopic (exact) mass is 1040 g/mol. The number of ether oxygens (including phenoxy) is 2. The predicted octanol–water partition coefficient (Wildman–Crippen LogP) is 8.30. The van der Waals surface area contributed by atoms with Crippen LogP contribution in [0.1, 0.15) is 107 Å². The SMILES string of the molecule is CCCC(C)N(C)C(=O)c1cc(OCCCCCCN2CCN(c3ccc(CC(CCCNC=O)Nc4ncnc5[nH]cc(C(=O)c6ccc(Oc7ccccc7)cc6Cl)c45)cn3)CC2)ccc1C=O.O=CNC=O. The number of hydrogen-bond acceptors (Lipinski definition) is 14. The number of unbranched alkanes of at least 4 members (excludes halogenated alkanes) is 3. The first-order valence-corrected chi connectivity index (χ1v) is 25.8. The lowest BCUT2D eigenvalue weighted by Crippen LogP contribution is -2.46. The number of amides is 4. The molecule has 3 aromatic carbocycles. The van der Waals surface area contributed by atoms with E-state index in [2.05, 4.69) is 54.4 Å². The first-order chi connectivity index (χ1) is 36.6. The number of aromatic nitrogens is 4. The maximum Gasteiger partial charge on any atom is 0.254 e. The van der Waals surface area contributed by atoms with E-state index in [0.29, 0.717) is 102 Å². The lowest BCUT2D eigenvalue weighted by atomic mass is 10.0. The summed E-state index contributed by atoms with van der Waals surface area (Å²) in [6.07, 6.45) is 15.2. The molecule has 19 heteroatoms. The second-order valence-electron chi connectivity index (χ2n) is 18.2. The van der Waals surface area contributed by atoms with Crippen molar-refractivity contribution in [3.63, 3.8) is 0 Å². The minimum atomic E-state index is -0.280. The average Bonchev–Trinajstić information content (AvgIpc) is 3.88. The summed E-state index contributed by atoms with van der Waals surface area (Å²) in [6.45, 7) is 9.97. The van der Waals surface area contributed by atoms with Gasteiger partial charge in [-0.1, -0.05) is 62.1 Å². The molecule has 0 bridgehead atoms. The van der Waals surface area contributed by atoms with Gasteiger partial charge in [-0.05, 0) is 106 Å². The first kappa shape index (κ1) is 56.6. The second kappa shape index (κ2) is 29.9. The Morgan fingerprint density at radius 3 is 2.28 bits per heavy atom. The molecule has 3 aromatic heterocycles. The highest BCUT2D eigenvalue weighted by Gasteiger charge is 2.24. The number of hydrogen-bond donors (Lipinski definition) is 4. The number of nitrogens with zero attached hydrogens (tertiary/aromatic N) is 6. The van der Waals surface area contributed by atoms with Crippen LogP contribution in [0.4, 0.5) is 11.6 Å². The lowest BCUT2D eigenvalue weighted by molar-refractivity contribution is -0.117. The maximum atomic E-state index is 14.1. The van der Waals surface area contributed by atoms with Crippen molar-refractivity contribution in [3.05, 3.63) is 130 Å². The molecule has 4 heterocycles. The number of piperazine rings is 1. The summed E-state index contributed by atoms with van der Waals surface area (Å²) in [7, 11) is 1.79. The van der Waals surface area contributed by atoms with Gasteiger partial charge in [0, 0.05) is 81.4 Å². The number of benzene rings is 3. The van der Waals surface area contributed by atoms with Gasteiger partial charge in [0.05, 0.1) is 28.1 Å². The number of carbonyl (C=O) groups is 6. The van der Waals surface area contributed by atoms with Gasteiger partial charge in [0.25, 0.3) is 5.91 Å². The quantitative estimate of drug-likeness (QED) is 0.0197. The molecule has 4 amide bonds. The van der Waals surface area contributed by atoms with Crippen LogP contribution < -0.4 is 30.3 Å². The van der Waals surface area contributed by atoms with Crippen LogP contribution in [0.2, 0.25) is 5.02 Å². The van der Waals surface area contributed by atoms with Gasteiger partial charge in [-0.25, -0.2) is 15.0 Å². The summed E-state index contributed by atoms with van der Waals surface area (Å²) < 4.78 is 11.9. The fourth-order valence-corrected chi connectivity index (χ4v) is 9.08. The molecule has 7 rings (SSSR count). The third-order valence-electron chi connectivity index (χ3n) is 13.0. The fourth-order valence-electron chi connectivity index (χ4n) is 8.83. The van der Waals surface area contributed by atoms with Gasteiger partial charge in [0.2, 0.25) is 19.2 Å². The summed E-state index contributed by atoms with van der Waals surface area (Å²) in [4.78, 5) is 91.7. The lowest BCUT2D eigenvalue weighted by Gasteiger charge is -2.35. The predicted molar refractivity (Wildman–Crippen MR) is 290 cm³/mol. The van der Waals surface area contributed by atoms with Crippen molar-refractivity contribution >= 4 is 71.5 Å². The molecule has 0 aliphatic carbocycles. The Morgan fingerprint density at radius 1 is 0.813 bits per heavy atom. The molecular formula is C56H67ClN10O8. The van der Waals surface area contributed by atoms with E-state index in [4.69, 9.17) is 35.6 Å². The Bertz CT molecular complexity index is 2780. The van der Waals surface area contributed by atoms with E-state index in [0.717, 1.165) is 95.3 Å². The van der Waals surface area contributed by atoms with E-state index >= 15 is 0 Å². The van der Waals surface area contributed by atoms with Crippen LogP contribution >= 0.6 is 11.6 Å². The number of rotatable bonds is 29. The number of pyridine rings is 1. The van der Waals surface area contributed by atoms with Crippen LogP contribution in [0.25, 0.3) is 11.0 Å². The van der Waals surface area contributed by atoms with Gasteiger partial charge < -0.3 is 40.2 Å². The Kier molecular flexibility index (Phi) is 22.5. The number of H-pyrrole nitrogens is 1. The van der Waals surface area contributed by atoms with Gasteiger partial charge in [-0.15, -0.1) is 0 Å². The standard InChI is InChI=1S/C54H64ClN9O6.C2H3NO2/c1-4-13-38(2)62(3)54(68)46-31-43(19-18-40(46)35-65)69-29-11-6-5-10-24-63-25-27-64(28-26-63)49-22-17-39(33-57-49)30-41(14-12-23-56-37-66)61-53-50-47(34-58-52(50)59-36-60-53)51(67)45-21-20-44(32-48(45)55)70-42-15-8-7-9-16-42;4-1-3-2-5/h7-9,15-22,31-38,41H,4-6,10-14,23-30H2,1-3H3,(H,56,66)(H2,58,59,60,61);1-2H,(H,3,4,5). The third-order valence-corrected chi connectivity index (χ3v) is 13.3. The largest absolute Gasteiger partial charge is 0.494 e. The Hall–Kier alpha value is -7.70. The van der Waals surface area contributed by atoms with Crippen molar-refractivity contribution < 1.29 is 38.2 Å². The summed E-state index contributed by atoms with van der Waals surface area (Å²) in [5, 5.41) is 8.94. The highest BCUT2D eigenvalue weighted by Crippen LogP contribution is 2.32. The number of halogens is 1. The van der Waals surface area contributed by atoms with Gasteiger partial charge in [-0.2, -0.15) is 0 Å². The molecule has 75 heavy (non-hydrogen) atoms. The van der Waals surface area contributed by atoms with Crippen LogP contribution in [0, 0.1) is 0 Å². The number of anilines is 2. The Morgan fingerprint density at radius 2 is 1.59 bits per heavy atom. The summed E-state index contributed by atoms with van der Waals surface area (Å²) in [5.41, 5.74) is 3.03. The molecule has 396 valence electrons. The van der Waals surface area contributed by atoms with Gasteiger partial charge >= 0.3 is 0 Å². The molecular weight excluding hydrogens is 976 g/mol. The minimum absolute atomic E-state index is 0.0820. The number of aromatic amines is 1. The molecule has 0 spiro atoms. The fraction of sp³-hybridized carbons (Fsp3) is 0.375. The number of nitrogens with one attached hydrogen (secondary N) is 4. The van der Waals surface area contributed by atoms with E-state index in [1.54, 1.807) is 59.9 Å². The van der Waals surface area contributed by atoms with Crippen LogP contribution in [-0.4, -0.2) is 132 Å². The number of fused-ring (bicyclic) bond motifs is 1. The zero-order valence-electron chi connectivity index (χ0n) is 42.8. The summed E-state index contributed by atoms with van der Waals surface area (Å²) >= 11 is 6.69. The topological polar surface area (TPSA) is 221 Å². The Labute approximate surface area is 442 Å². The van der Waals surface area contributed by atoms with Gasteiger partial charge in [0.1, 0.15) is 40.9 Å². The van der Waals surface area contributed by atoms with E-state index in [1.165, 1.54) is 6.33 Å². The highest BCUT2D eigenvalue weighted by atomic mass is 35.5. The number of carbonyl (C=O) groups excluding carboxylic acids is 6.